The molecule has 0 saturated carbocycles. The minimum atomic E-state index is -0.117. The number of amides is 2. The summed E-state index contributed by atoms with van der Waals surface area (Å²) in [4.78, 5) is 21.6. The lowest BCUT2D eigenvalue weighted by molar-refractivity contribution is 0.218. The molecule has 0 bridgehead atoms. The lowest BCUT2D eigenvalue weighted by Gasteiger charge is -2.10. The molecule has 1 aliphatic rings. The molecule has 4 heterocycles. The maximum absolute atomic E-state index is 12.2. The summed E-state index contributed by atoms with van der Waals surface area (Å²) in [5.41, 5.74) is 0. The van der Waals surface area contributed by atoms with Crippen LogP contribution in [-0.4, -0.2) is 28.6 Å². The average Bonchev–Trinajstić information content (AvgIpc) is 3.31. The molecule has 0 N–H and O–H groups in total. The minimum absolute atomic E-state index is 0.117. The van der Waals surface area contributed by atoms with E-state index in [1.165, 1.54) is 21.1 Å². The number of carbonyl (C=O) groups excluding carboxylic acids is 1. The maximum Gasteiger partial charge on any atom is 0.346 e. The fourth-order valence-electron chi connectivity index (χ4n) is 2.59. The summed E-state index contributed by atoms with van der Waals surface area (Å²) in [5.74, 6) is 0. The van der Waals surface area contributed by atoms with Crippen LogP contribution < -0.4 is 4.80 Å². The number of hydrogen-bond acceptors (Lipinski definition) is 4. The van der Waals surface area contributed by atoms with Crippen molar-refractivity contribution in [3.63, 3.8) is 0 Å². The zero-order chi connectivity index (χ0) is 15.6. The van der Waals surface area contributed by atoms with Gasteiger partial charge in [-0.3, -0.25) is 4.57 Å². The van der Waals surface area contributed by atoms with Gasteiger partial charge in [0.1, 0.15) is 5.00 Å². The third-order valence-electron chi connectivity index (χ3n) is 3.75. The molecule has 1 aliphatic heterocycles. The molecule has 4 rings (SSSR count). The van der Waals surface area contributed by atoms with Gasteiger partial charge in [-0.1, -0.05) is 6.07 Å². The van der Waals surface area contributed by atoms with E-state index in [2.05, 4.69) is 34.6 Å². The zero-order valence-electron chi connectivity index (χ0n) is 12.3. The quantitative estimate of drug-likeness (QED) is 0.665. The second-order valence-corrected chi connectivity index (χ2v) is 8.14. The topological polar surface area (TPSA) is 37.6 Å². The second kappa shape index (κ2) is 6.43. The summed E-state index contributed by atoms with van der Waals surface area (Å²) in [5, 5.41) is 5.14. The van der Waals surface area contributed by atoms with Crippen LogP contribution in [0.25, 0.3) is 14.8 Å². The Labute approximate surface area is 146 Å². The first-order chi connectivity index (χ1) is 11.3. The fourth-order valence-corrected chi connectivity index (χ4v) is 5.18. The molecule has 23 heavy (non-hydrogen) atoms. The van der Waals surface area contributed by atoms with Crippen LogP contribution in [0.5, 0.6) is 0 Å². The average molecular weight is 362 g/mol. The summed E-state index contributed by atoms with van der Waals surface area (Å²) in [6.45, 7) is 1.66. The maximum atomic E-state index is 12.2. The van der Waals surface area contributed by atoms with E-state index >= 15 is 0 Å². The highest BCUT2D eigenvalue weighted by atomic mass is 32.1. The molecule has 3 aromatic rings. The van der Waals surface area contributed by atoms with Crippen LogP contribution in [0.4, 0.5) is 4.79 Å². The number of carbonyl (C=O) groups is 1. The standard InChI is InChI=1S/C16H15N3OS3/c20-15(18-7-1-2-8-18)17-16-19(9-11-22-16)14-6-5-13(23-14)12-4-3-10-21-12/h3-6,9-11H,1-2,7-8H2. The largest absolute Gasteiger partial charge is 0.346 e. The highest BCUT2D eigenvalue weighted by Gasteiger charge is 2.17. The van der Waals surface area contributed by atoms with Crippen molar-refractivity contribution >= 4 is 40.0 Å². The van der Waals surface area contributed by atoms with Gasteiger partial charge in [0, 0.05) is 34.4 Å². The Hall–Kier alpha value is -1.70. The molecule has 1 fully saturated rings. The van der Waals surface area contributed by atoms with E-state index in [0.29, 0.717) is 0 Å². The summed E-state index contributed by atoms with van der Waals surface area (Å²) in [6, 6.07) is 8.29. The number of likely N-dealkylation sites (tertiary alicyclic amines) is 1. The van der Waals surface area contributed by atoms with Crippen molar-refractivity contribution in [2.75, 3.05) is 13.1 Å². The Kier molecular flexibility index (Phi) is 4.15. The number of aromatic nitrogens is 1. The van der Waals surface area contributed by atoms with E-state index in [4.69, 9.17) is 0 Å². The van der Waals surface area contributed by atoms with Gasteiger partial charge in [-0.2, -0.15) is 4.99 Å². The summed E-state index contributed by atoms with van der Waals surface area (Å²) in [6.07, 6.45) is 4.15. The molecule has 118 valence electrons. The van der Waals surface area contributed by atoms with Gasteiger partial charge in [0.25, 0.3) is 0 Å². The van der Waals surface area contributed by atoms with Crippen LogP contribution in [0.15, 0.2) is 46.2 Å². The van der Waals surface area contributed by atoms with E-state index < -0.39 is 0 Å². The Morgan fingerprint density at radius 2 is 1.91 bits per heavy atom. The smallest absolute Gasteiger partial charge is 0.323 e. The van der Waals surface area contributed by atoms with Crippen molar-refractivity contribution in [3.8, 4) is 14.8 Å². The first kappa shape index (κ1) is 14.9. The normalized spacial score (nSPS) is 15.5. The van der Waals surface area contributed by atoms with Crippen LogP contribution >= 0.6 is 34.0 Å². The summed E-state index contributed by atoms with van der Waals surface area (Å²) in [7, 11) is 0. The van der Waals surface area contributed by atoms with Gasteiger partial charge < -0.3 is 4.90 Å². The number of rotatable bonds is 2. The van der Waals surface area contributed by atoms with Crippen molar-refractivity contribution in [1.29, 1.82) is 0 Å². The fraction of sp³-hybridized carbons (Fsp3) is 0.250. The second-order valence-electron chi connectivity index (χ2n) is 5.26. The predicted molar refractivity (Wildman–Crippen MR) is 96.6 cm³/mol. The molecular formula is C16H15N3OS3. The molecule has 3 aromatic heterocycles. The Bertz CT molecular complexity index is 866. The number of urea groups is 1. The number of hydrogen-bond donors (Lipinski definition) is 0. The van der Waals surface area contributed by atoms with Crippen molar-refractivity contribution in [1.82, 2.24) is 9.47 Å². The molecule has 0 unspecified atom stereocenters. The van der Waals surface area contributed by atoms with Gasteiger partial charge in [0.15, 0.2) is 4.80 Å². The van der Waals surface area contributed by atoms with E-state index in [9.17, 15) is 4.79 Å². The molecule has 2 amide bonds. The van der Waals surface area contributed by atoms with Crippen molar-refractivity contribution in [2.45, 2.75) is 12.8 Å². The molecule has 4 nitrogen and oxygen atoms in total. The zero-order valence-corrected chi connectivity index (χ0v) is 14.8. The Morgan fingerprint density at radius 3 is 2.70 bits per heavy atom. The first-order valence-electron chi connectivity index (χ1n) is 7.45. The third-order valence-corrected chi connectivity index (χ3v) is 6.66. The van der Waals surface area contributed by atoms with Gasteiger partial charge in [-0.15, -0.1) is 34.0 Å². The van der Waals surface area contributed by atoms with Crippen molar-refractivity contribution < 1.29 is 4.79 Å². The minimum Gasteiger partial charge on any atom is -0.323 e. The highest BCUT2D eigenvalue weighted by Crippen LogP contribution is 2.32. The van der Waals surface area contributed by atoms with Crippen LogP contribution in [0, 0.1) is 0 Å². The predicted octanol–water partition coefficient (Wildman–Crippen LogP) is 4.45. The molecule has 0 spiro atoms. The van der Waals surface area contributed by atoms with E-state index in [1.54, 1.807) is 22.7 Å². The van der Waals surface area contributed by atoms with E-state index in [1.807, 2.05) is 21.0 Å². The summed E-state index contributed by atoms with van der Waals surface area (Å²) >= 11 is 4.95. The summed E-state index contributed by atoms with van der Waals surface area (Å²) < 4.78 is 2.00. The van der Waals surface area contributed by atoms with Gasteiger partial charge in [0.2, 0.25) is 0 Å². The molecule has 1 saturated heterocycles. The first-order valence-corrected chi connectivity index (χ1v) is 10.0. The SMILES string of the molecule is O=C(N=c1sccn1-c1ccc(-c2cccs2)s1)N1CCCC1. The van der Waals surface area contributed by atoms with Gasteiger partial charge >= 0.3 is 6.03 Å². The number of thiazole rings is 1. The molecule has 0 atom stereocenters. The highest BCUT2D eigenvalue weighted by molar-refractivity contribution is 7.22. The molecule has 0 aliphatic carbocycles. The molecule has 7 heteroatoms. The Balaban J connectivity index is 1.66. The monoisotopic (exact) mass is 361 g/mol. The number of thiophene rings is 2. The molecular weight excluding hydrogens is 346 g/mol. The van der Waals surface area contributed by atoms with E-state index in [0.717, 1.165) is 35.7 Å². The third kappa shape index (κ3) is 3.04. The van der Waals surface area contributed by atoms with Crippen LogP contribution in [-0.2, 0) is 0 Å². The molecule has 0 radical (unpaired) electrons. The number of nitrogens with zero attached hydrogens (tertiary/aromatic N) is 3. The van der Waals surface area contributed by atoms with Gasteiger partial charge in [-0.05, 0) is 36.4 Å². The lowest BCUT2D eigenvalue weighted by atomic mass is 10.4. The van der Waals surface area contributed by atoms with Gasteiger partial charge in [-0.25, -0.2) is 4.79 Å². The lowest BCUT2D eigenvalue weighted by Crippen LogP contribution is -2.27. The Morgan fingerprint density at radius 1 is 1.04 bits per heavy atom. The van der Waals surface area contributed by atoms with Crippen LogP contribution in [0.3, 0.4) is 0 Å². The van der Waals surface area contributed by atoms with Crippen LogP contribution in [0.2, 0.25) is 0 Å². The molecule has 0 aromatic carbocycles. The van der Waals surface area contributed by atoms with Crippen LogP contribution in [0.1, 0.15) is 12.8 Å². The van der Waals surface area contributed by atoms with Gasteiger partial charge in [0.05, 0.1) is 0 Å². The van der Waals surface area contributed by atoms with Crippen molar-refractivity contribution in [3.05, 3.63) is 46.0 Å². The van der Waals surface area contributed by atoms with E-state index in [-0.39, 0.29) is 6.03 Å². The van der Waals surface area contributed by atoms with Crippen molar-refractivity contribution in [2.24, 2.45) is 4.99 Å².